The Kier molecular flexibility index (Phi) is 10.0. The van der Waals surface area contributed by atoms with Crippen molar-refractivity contribution >= 4 is 5.70 Å². The maximum Gasteiger partial charge on any atom is 0.132 e. The van der Waals surface area contributed by atoms with Crippen LogP contribution in [-0.2, 0) is 6.42 Å². The molecule has 0 radical (unpaired) electrons. The van der Waals surface area contributed by atoms with Crippen LogP contribution in [-0.4, -0.2) is 7.05 Å². The third kappa shape index (κ3) is 6.16. The topological polar surface area (TPSA) is 12.0 Å². The molecule has 0 heterocycles. The number of nitrogens with one attached hydrogen (secondary N) is 1. The Morgan fingerprint density at radius 1 is 1.23 bits per heavy atom. The highest BCUT2D eigenvalue weighted by Crippen LogP contribution is 2.31. The molecule has 0 spiro atoms. The van der Waals surface area contributed by atoms with Gasteiger partial charge in [-0.2, -0.15) is 0 Å². The smallest absolute Gasteiger partial charge is 0.132 e. The van der Waals surface area contributed by atoms with Gasteiger partial charge in [-0.05, 0) is 61.3 Å². The quantitative estimate of drug-likeness (QED) is 0.442. The molecular formula is C24H36FN. The first-order valence-corrected chi connectivity index (χ1v) is 10.0. The molecule has 0 bridgehead atoms. The summed E-state index contributed by atoms with van der Waals surface area (Å²) in [6, 6.07) is 5.40. The van der Waals surface area contributed by atoms with E-state index < -0.39 is 0 Å². The minimum Gasteiger partial charge on any atom is -0.387 e. The standard InChI is InChI=1S/C24H36FN/c1-7-12-20(13-8-2)21(16-10-14-18(4)5)24(26-6)23-19(9-3)15-11-17-22(23)25/h7,11-13,15,17-18,26H,8-10,14,16H2,1-6H3/b12-7-,20-13+,24-21+. The van der Waals surface area contributed by atoms with E-state index in [1.165, 1.54) is 17.6 Å². The molecule has 1 nitrogen and oxygen atoms in total. The minimum atomic E-state index is -0.147. The van der Waals surface area contributed by atoms with Gasteiger partial charge in [0.2, 0.25) is 0 Å². The molecule has 0 fully saturated rings. The van der Waals surface area contributed by atoms with Crippen molar-refractivity contribution in [3.05, 3.63) is 64.5 Å². The van der Waals surface area contributed by atoms with E-state index >= 15 is 0 Å². The monoisotopic (exact) mass is 357 g/mol. The Labute approximate surface area is 160 Å². The maximum atomic E-state index is 14.8. The van der Waals surface area contributed by atoms with E-state index in [2.05, 4.69) is 51.2 Å². The summed E-state index contributed by atoms with van der Waals surface area (Å²) in [4.78, 5) is 0. The van der Waals surface area contributed by atoms with Gasteiger partial charge in [0.05, 0.1) is 0 Å². The summed E-state index contributed by atoms with van der Waals surface area (Å²) in [5.74, 6) is 0.528. The zero-order chi connectivity index (χ0) is 19.5. The SMILES string of the molecule is C\C=C/C(=C\CC)C(/CCCC(C)C)=C(/NC)c1c(F)cccc1CC. The molecule has 1 N–H and O–H groups in total. The van der Waals surface area contributed by atoms with Gasteiger partial charge >= 0.3 is 0 Å². The van der Waals surface area contributed by atoms with Crippen LogP contribution in [0.25, 0.3) is 5.70 Å². The molecule has 1 rings (SSSR count). The van der Waals surface area contributed by atoms with E-state index in [0.717, 1.165) is 42.5 Å². The van der Waals surface area contributed by atoms with Crippen LogP contribution in [0.4, 0.5) is 4.39 Å². The molecule has 1 aromatic rings. The molecule has 0 atom stereocenters. The summed E-state index contributed by atoms with van der Waals surface area (Å²) in [7, 11) is 1.91. The van der Waals surface area contributed by atoms with Crippen LogP contribution >= 0.6 is 0 Å². The third-order valence-corrected chi connectivity index (χ3v) is 4.61. The van der Waals surface area contributed by atoms with Gasteiger partial charge in [-0.3, -0.25) is 0 Å². The van der Waals surface area contributed by atoms with Gasteiger partial charge in [-0.1, -0.05) is 64.5 Å². The van der Waals surface area contributed by atoms with Gasteiger partial charge < -0.3 is 5.32 Å². The molecule has 0 saturated carbocycles. The summed E-state index contributed by atoms with van der Waals surface area (Å²) >= 11 is 0. The molecule has 144 valence electrons. The average Bonchev–Trinajstić information content (AvgIpc) is 2.61. The summed E-state index contributed by atoms with van der Waals surface area (Å²) in [5, 5.41) is 3.33. The first-order chi connectivity index (χ1) is 12.5. The van der Waals surface area contributed by atoms with Crippen LogP contribution in [0.3, 0.4) is 0 Å². The highest BCUT2D eigenvalue weighted by atomic mass is 19.1. The first kappa shape index (κ1) is 22.2. The molecule has 0 unspecified atom stereocenters. The summed E-state index contributed by atoms with van der Waals surface area (Å²) in [6.07, 6.45) is 11.5. The van der Waals surface area contributed by atoms with E-state index in [0.29, 0.717) is 5.92 Å². The van der Waals surface area contributed by atoms with E-state index in [1.54, 1.807) is 12.1 Å². The van der Waals surface area contributed by atoms with Crippen molar-refractivity contribution in [1.29, 1.82) is 0 Å². The van der Waals surface area contributed by atoms with Crippen molar-refractivity contribution < 1.29 is 4.39 Å². The van der Waals surface area contributed by atoms with Gasteiger partial charge in [0.25, 0.3) is 0 Å². The number of rotatable bonds is 10. The third-order valence-electron chi connectivity index (χ3n) is 4.61. The Bertz CT molecular complexity index is 650. The predicted molar refractivity (Wildman–Crippen MR) is 114 cm³/mol. The molecular weight excluding hydrogens is 321 g/mol. The van der Waals surface area contributed by atoms with Gasteiger partial charge in [0, 0.05) is 18.3 Å². The van der Waals surface area contributed by atoms with E-state index in [9.17, 15) is 4.39 Å². The fourth-order valence-electron chi connectivity index (χ4n) is 3.36. The summed E-state index contributed by atoms with van der Waals surface area (Å²) in [6.45, 7) is 10.8. The lowest BCUT2D eigenvalue weighted by Crippen LogP contribution is -2.13. The van der Waals surface area contributed by atoms with Crippen LogP contribution in [0.2, 0.25) is 0 Å². The molecule has 0 aliphatic rings. The molecule has 0 aromatic heterocycles. The number of halogens is 1. The second-order valence-corrected chi connectivity index (χ2v) is 7.08. The second-order valence-electron chi connectivity index (χ2n) is 7.08. The number of allylic oxidation sites excluding steroid dienone is 5. The molecule has 0 aliphatic heterocycles. The van der Waals surface area contributed by atoms with Crippen LogP contribution in [0.5, 0.6) is 0 Å². The second kappa shape index (κ2) is 11.7. The van der Waals surface area contributed by atoms with Crippen molar-refractivity contribution in [1.82, 2.24) is 5.32 Å². The van der Waals surface area contributed by atoms with E-state index in [4.69, 9.17) is 0 Å². The van der Waals surface area contributed by atoms with Crippen molar-refractivity contribution in [2.24, 2.45) is 5.92 Å². The fraction of sp³-hybridized carbons (Fsp3) is 0.500. The van der Waals surface area contributed by atoms with E-state index in [-0.39, 0.29) is 5.82 Å². The van der Waals surface area contributed by atoms with Gasteiger partial charge in [-0.15, -0.1) is 0 Å². The highest BCUT2D eigenvalue weighted by Gasteiger charge is 2.17. The molecule has 0 amide bonds. The van der Waals surface area contributed by atoms with Crippen LogP contribution in [0, 0.1) is 11.7 Å². The fourth-order valence-corrected chi connectivity index (χ4v) is 3.36. The zero-order valence-electron chi connectivity index (χ0n) is 17.5. The predicted octanol–water partition coefficient (Wildman–Crippen LogP) is 7.06. The Morgan fingerprint density at radius 2 is 1.96 bits per heavy atom. The first-order valence-electron chi connectivity index (χ1n) is 10.0. The van der Waals surface area contributed by atoms with Crippen molar-refractivity contribution in [3.63, 3.8) is 0 Å². The van der Waals surface area contributed by atoms with Gasteiger partial charge in [0.1, 0.15) is 5.82 Å². The van der Waals surface area contributed by atoms with Crippen molar-refractivity contribution in [3.8, 4) is 0 Å². The average molecular weight is 358 g/mol. The van der Waals surface area contributed by atoms with Crippen molar-refractivity contribution in [2.45, 2.75) is 66.7 Å². The number of benzene rings is 1. The summed E-state index contributed by atoms with van der Waals surface area (Å²) < 4.78 is 14.8. The zero-order valence-corrected chi connectivity index (χ0v) is 17.5. The van der Waals surface area contributed by atoms with Gasteiger partial charge in [-0.25, -0.2) is 4.39 Å². The molecule has 2 heteroatoms. The molecule has 1 aromatic carbocycles. The lowest BCUT2D eigenvalue weighted by molar-refractivity contribution is 0.555. The Hall–Kier alpha value is -1.83. The minimum absolute atomic E-state index is 0.147. The summed E-state index contributed by atoms with van der Waals surface area (Å²) in [5.41, 5.74) is 5.12. The van der Waals surface area contributed by atoms with Gasteiger partial charge in [0.15, 0.2) is 0 Å². The number of aryl methyl sites for hydroxylation is 1. The lowest BCUT2D eigenvalue weighted by Gasteiger charge is -2.20. The van der Waals surface area contributed by atoms with Crippen LogP contribution in [0.1, 0.15) is 71.4 Å². The molecule has 26 heavy (non-hydrogen) atoms. The maximum absolute atomic E-state index is 14.8. The Balaban J connectivity index is 3.58. The van der Waals surface area contributed by atoms with Crippen LogP contribution < -0.4 is 5.32 Å². The lowest BCUT2D eigenvalue weighted by atomic mass is 9.90. The largest absolute Gasteiger partial charge is 0.387 e. The molecule has 0 aliphatic carbocycles. The number of hydrogen-bond donors (Lipinski definition) is 1. The normalized spacial score (nSPS) is 13.5. The number of hydrogen-bond acceptors (Lipinski definition) is 1. The highest BCUT2D eigenvalue weighted by molar-refractivity contribution is 5.74. The Morgan fingerprint density at radius 3 is 2.50 bits per heavy atom. The van der Waals surface area contributed by atoms with E-state index in [1.807, 2.05) is 20.0 Å². The molecule has 0 saturated heterocycles. The van der Waals surface area contributed by atoms with Crippen LogP contribution in [0.15, 0.2) is 47.6 Å². The van der Waals surface area contributed by atoms with Crippen molar-refractivity contribution in [2.75, 3.05) is 7.05 Å².